The van der Waals surface area contributed by atoms with Gasteiger partial charge in [0.25, 0.3) is 5.56 Å². The van der Waals surface area contributed by atoms with E-state index in [1.165, 1.54) is 4.57 Å². The number of Topliss-reactive ketones (excluding diaryl/α,β-unsaturated/α-hetero) is 1. The van der Waals surface area contributed by atoms with Crippen LogP contribution in [-0.4, -0.2) is 10.4 Å². The van der Waals surface area contributed by atoms with Gasteiger partial charge in [-0.25, -0.2) is 0 Å². The molecule has 0 saturated carbocycles. The normalized spacial score (nSPS) is 10.3. The number of carbonyl (C=O) groups is 1. The van der Waals surface area contributed by atoms with Crippen molar-refractivity contribution in [2.45, 2.75) is 19.9 Å². The number of hydrogen-bond donors (Lipinski definition) is 0. The van der Waals surface area contributed by atoms with E-state index in [2.05, 4.69) is 0 Å². The lowest BCUT2D eigenvalue weighted by atomic mass is 10.1. The first kappa shape index (κ1) is 12.3. The van der Waals surface area contributed by atoms with Gasteiger partial charge in [0.05, 0.1) is 6.54 Å². The number of hydrogen-bond acceptors (Lipinski definition) is 2. The van der Waals surface area contributed by atoms with Gasteiger partial charge in [-0.2, -0.15) is 0 Å². The Balaban J connectivity index is 2.08. The van der Waals surface area contributed by atoms with E-state index in [9.17, 15) is 9.59 Å². The van der Waals surface area contributed by atoms with Crippen molar-refractivity contribution >= 4 is 5.78 Å². The molecular formula is C15H15NO2. The predicted molar refractivity (Wildman–Crippen MR) is 70.6 cm³/mol. The highest BCUT2D eigenvalue weighted by Gasteiger charge is 2.06. The standard InChI is InChI=1S/C15H15NO2/c1-12-6-5-9-16(15(12)18)11-14(17)10-13-7-3-2-4-8-13/h2-9H,10-11H2,1H3. The summed E-state index contributed by atoms with van der Waals surface area (Å²) in [6.07, 6.45) is 2.01. The van der Waals surface area contributed by atoms with Crippen molar-refractivity contribution in [1.29, 1.82) is 0 Å². The fourth-order valence-corrected chi connectivity index (χ4v) is 1.85. The highest BCUT2D eigenvalue weighted by molar-refractivity contribution is 5.80. The van der Waals surface area contributed by atoms with Crippen molar-refractivity contribution in [1.82, 2.24) is 4.57 Å². The van der Waals surface area contributed by atoms with Crippen molar-refractivity contribution in [3.8, 4) is 0 Å². The Labute approximate surface area is 106 Å². The number of carbonyl (C=O) groups excluding carboxylic acids is 1. The van der Waals surface area contributed by atoms with Crippen LogP contribution in [0.1, 0.15) is 11.1 Å². The van der Waals surface area contributed by atoms with Crippen LogP contribution in [-0.2, 0) is 17.8 Å². The van der Waals surface area contributed by atoms with Crippen LogP contribution >= 0.6 is 0 Å². The number of benzene rings is 1. The molecule has 3 nitrogen and oxygen atoms in total. The molecule has 3 heteroatoms. The summed E-state index contributed by atoms with van der Waals surface area (Å²) in [7, 11) is 0. The van der Waals surface area contributed by atoms with Gasteiger partial charge in [0.2, 0.25) is 0 Å². The fraction of sp³-hybridized carbons (Fsp3) is 0.200. The Bertz CT molecular complexity index is 599. The molecule has 0 unspecified atom stereocenters. The third kappa shape index (κ3) is 2.94. The molecule has 0 saturated heterocycles. The van der Waals surface area contributed by atoms with Crippen LogP contribution in [0, 0.1) is 6.92 Å². The average Bonchev–Trinajstić information content (AvgIpc) is 2.36. The second-order valence-electron chi connectivity index (χ2n) is 4.33. The topological polar surface area (TPSA) is 39.1 Å². The lowest BCUT2D eigenvalue weighted by Gasteiger charge is -2.05. The molecule has 0 radical (unpaired) electrons. The van der Waals surface area contributed by atoms with Gasteiger partial charge in [-0.05, 0) is 18.6 Å². The number of pyridine rings is 1. The van der Waals surface area contributed by atoms with Gasteiger partial charge in [-0.3, -0.25) is 9.59 Å². The largest absolute Gasteiger partial charge is 0.308 e. The molecular weight excluding hydrogens is 226 g/mol. The minimum atomic E-state index is -0.0982. The number of nitrogens with zero attached hydrogens (tertiary/aromatic N) is 1. The maximum absolute atomic E-state index is 11.9. The number of ketones is 1. The highest BCUT2D eigenvalue weighted by atomic mass is 16.1. The first-order valence-electron chi connectivity index (χ1n) is 5.88. The molecule has 1 aromatic heterocycles. The van der Waals surface area contributed by atoms with Gasteiger partial charge >= 0.3 is 0 Å². The molecule has 18 heavy (non-hydrogen) atoms. The lowest BCUT2D eigenvalue weighted by molar-refractivity contribution is -0.119. The second-order valence-corrected chi connectivity index (χ2v) is 4.33. The second kappa shape index (κ2) is 5.45. The summed E-state index contributed by atoms with van der Waals surface area (Å²) in [4.78, 5) is 23.7. The summed E-state index contributed by atoms with van der Waals surface area (Å²) >= 11 is 0. The van der Waals surface area contributed by atoms with E-state index in [-0.39, 0.29) is 17.9 Å². The minimum absolute atomic E-state index is 0.0360. The van der Waals surface area contributed by atoms with Crippen molar-refractivity contribution in [2.75, 3.05) is 0 Å². The van der Waals surface area contributed by atoms with Gasteiger partial charge in [-0.15, -0.1) is 0 Å². The molecule has 0 spiro atoms. The molecule has 0 fully saturated rings. The fourth-order valence-electron chi connectivity index (χ4n) is 1.85. The molecule has 0 aliphatic rings. The van der Waals surface area contributed by atoms with Crippen molar-refractivity contribution in [3.63, 3.8) is 0 Å². The molecule has 2 aromatic rings. The maximum Gasteiger partial charge on any atom is 0.253 e. The quantitative estimate of drug-likeness (QED) is 0.821. The molecule has 0 bridgehead atoms. The third-order valence-corrected chi connectivity index (χ3v) is 2.80. The summed E-state index contributed by atoms with van der Waals surface area (Å²) < 4.78 is 1.46. The van der Waals surface area contributed by atoms with Crippen molar-refractivity contribution < 1.29 is 4.79 Å². The van der Waals surface area contributed by atoms with E-state index < -0.39 is 0 Å². The van der Waals surface area contributed by atoms with Gasteiger partial charge in [0.1, 0.15) is 0 Å². The molecule has 0 amide bonds. The third-order valence-electron chi connectivity index (χ3n) is 2.80. The van der Waals surface area contributed by atoms with Crippen molar-refractivity contribution in [2.24, 2.45) is 0 Å². The molecule has 0 aliphatic heterocycles. The maximum atomic E-state index is 11.9. The molecule has 92 valence electrons. The number of aryl methyl sites for hydroxylation is 1. The number of aromatic nitrogens is 1. The molecule has 0 aliphatic carbocycles. The van der Waals surface area contributed by atoms with Gasteiger partial charge in [0.15, 0.2) is 5.78 Å². The Morgan fingerprint density at radius 2 is 1.83 bits per heavy atom. The van der Waals surface area contributed by atoms with E-state index in [1.807, 2.05) is 30.3 Å². The number of rotatable bonds is 4. The first-order valence-corrected chi connectivity index (χ1v) is 5.88. The van der Waals surface area contributed by atoms with E-state index in [4.69, 9.17) is 0 Å². The van der Waals surface area contributed by atoms with Crippen LogP contribution in [0.4, 0.5) is 0 Å². The zero-order chi connectivity index (χ0) is 13.0. The first-order chi connectivity index (χ1) is 8.66. The summed E-state index contributed by atoms with van der Waals surface area (Å²) in [5.74, 6) is 0.0360. The van der Waals surface area contributed by atoms with Crippen molar-refractivity contribution in [3.05, 3.63) is 70.1 Å². The van der Waals surface area contributed by atoms with E-state index in [0.29, 0.717) is 12.0 Å². The lowest BCUT2D eigenvalue weighted by Crippen LogP contribution is -2.25. The Morgan fingerprint density at radius 1 is 1.11 bits per heavy atom. The molecule has 1 aromatic carbocycles. The average molecular weight is 241 g/mol. The predicted octanol–water partition coefficient (Wildman–Crippen LogP) is 1.97. The zero-order valence-electron chi connectivity index (χ0n) is 10.3. The summed E-state index contributed by atoms with van der Waals surface area (Å²) in [6, 6.07) is 13.1. The Kier molecular flexibility index (Phi) is 3.72. The van der Waals surface area contributed by atoms with E-state index in [0.717, 1.165) is 5.56 Å². The van der Waals surface area contributed by atoms with Crippen LogP contribution in [0.3, 0.4) is 0 Å². The zero-order valence-corrected chi connectivity index (χ0v) is 10.3. The van der Waals surface area contributed by atoms with Crippen LogP contribution in [0.15, 0.2) is 53.5 Å². The molecule has 0 N–H and O–H groups in total. The van der Waals surface area contributed by atoms with Gasteiger partial charge < -0.3 is 4.57 Å². The Morgan fingerprint density at radius 3 is 2.56 bits per heavy atom. The van der Waals surface area contributed by atoms with Crippen LogP contribution < -0.4 is 5.56 Å². The SMILES string of the molecule is Cc1cccn(CC(=O)Cc2ccccc2)c1=O. The molecule has 1 heterocycles. The van der Waals surface area contributed by atoms with Crippen LogP contribution in [0.5, 0.6) is 0 Å². The van der Waals surface area contributed by atoms with Crippen LogP contribution in [0.2, 0.25) is 0 Å². The molecule has 2 rings (SSSR count). The van der Waals surface area contributed by atoms with E-state index in [1.54, 1.807) is 25.3 Å². The Hall–Kier alpha value is -2.16. The monoisotopic (exact) mass is 241 g/mol. The van der Waals surface area contributed by atoms with Crippen LogP contribution in [0.25, 0.3) is 0 Å². The van der Waals surface area contributed by atoms with E-state index >= 15 is 0 Å². The summed E-state index contributed by atoms with van der Waals surface area (Å²) in [6.45, 7) is 1.88. The minimum Gasteiger partial charge on any atom is -0.308 e. The van der Waals surface area contributed by atoms with Gasteiger partial charge in [0, 0.05) is 18.2 Å². The highest BCUT2D eigenvalue weighted by Crippen LogP contribution is 2.01. The summed E-state index contributed by atoms with van der Waals surface area (Å²) in [5.41, 5.74) is 1.53. The molecule has 0 atom stereocenters. The van der Waals surface area contributed by atoms with Gasteiger partial charge in [-0.1, -0.05) is 36.4 Å². The summed E-state index contributed by atoms with van der Waals surface area (Å²) in [5, 5.41) is 0. The smallest absolute Gasteiger partial charge is 0.253 e.